The lowest BCUT2D eigenvalue weighted by molar-refractivity contribution is 0.322. The molecule has 2 aliphatic rings. The molecule has 0 aromatic carbocycles. The lowest BCUT2D eigenvalue weighted by atomic mass is 10.4. The van der Waals surface area contributed by atoms with E-state index in [1.54, 1.807) is 0 Å². The molecule has 0 N–H and O–H groups in total. The highest BCUT2D eigenvalue weighted by molar-refractivity contribution is 4.96. The Labute approximate surface area is 64.4 Å². The van der Waals surface area contributed by atoms with Gasteiger partial charge in [-0.05, 0) is 24.8 Å². The molecule has 0 unspecified atom stereocenters. The van der Waals surface area contributed by atoms with E-state index in [-0.39, 0.29) is 0 Å². The Morgan fingerprint density at radius 2 is 1.70 bits per heavy atom. The first-order valence-electron chi connectivity index (χ1n) is 4.62. The fourth-order valence-electron chi connectivity index (χ4n) is 1.75. The number of hydrogen-bond donors (Lipinski definition) is 0. The van der Waals surface area contributed by atoms with Gasteiger partial charge in [-0.25, -0.2) is 0 Å². The Morgan fingerprint density at radius 1 is 1.20 bits per heavy atom. The number of hydrogen-bond acceptors (Lipinski definition) is 1. The summed E-state index contributed by atoms with van der Waals surface area (Å²) in [4.78, 5) is 2.55. The Bertz CT molecular complexity index is 90.9. The van der Waals surface area contributed by atoms with Crippen molar-refractivity contribution in [1.29, 1.82) is 0 Å². The van der Waals surface area contributed by atoms with E-state index in [0.29, 0.717) is 0 Å². The fourth-order valence-corrected chi connectivity index (χ4v) is 1.75. The van der Waals surface area contributed by atoms with E-state index in [1.807, 2.05) is 13.8 Å². The summed E-state index contributed by atoms with van der Waals surface area (Å²) in [5.41, 5.74) is 0. The molecule has 0 radical (unpaired) electrons. The van der Waals surface area contributed by atoms with E-state index < -0.39 is 0 Å². The molecule has 2 fully saturated rings. The zero-order valence-electron chi connectivity index (χ0n) is 7.43. The topological polar surface area (TPSA) is 3.24 Å². The summed E-state index contributed by atoms with van der Waals surface area (Å²) in [5.74, 6) is 2.24. The van der Waals surface area contributed by atoms with Gasteiger partial charge in [-0.2, -0.15) is 0 Å². The van der Waals surface area contributed by atoms with Gasteiger partial charge in [0.25, 0.3) is 0 Å². The van der Waals surface area contributed by atoms with E-state index in [0.717, 1.165) is 11.8 Å². The number of rotatable bonds is 1. The number of piperidine rings is 1. The van der Waals surface area contributed by atoms with Crippen LogP contribution in [0.25, 0.3) is 0 Å². The van der Waals surface area contributed by atoms with Gasteiger partial charge in [0.2, 0.25) is 0 Å². The van der Waals surface area contributed by atoms with Gasteiger partial charge in [-0.15, -0.1) is 0 Å². The minimum absolute atomic E-state index is 1.12. The molecular formula is C9H19N. The van der Waals surface area contributed by atoms with Gasteiger partial charge in [0.05, 0.1) is 0 Å². The van der Waals surface area contributed by atoms with Crippen LogP contribution in [0.3, 0.4) is 0 Å². The molecule has 0 spiro atoms. The monoisotopic (exact) mass is 141 g/mol. The van der Waals surface area contributed by atoms with Crippen molar-refractivity contribution < 1.29 is 0 Å². The Kier molecular flexibility index (Phi) is 2.72. The van der Waals surface area contributed by atoms with Crippen LogP contribution in [0.15, 0.2) is 0 Å². The molecule has 1 saturated heterocycles. The quantitative estimate of drug-likeness (QED) is 0.540. The molecule has 10 heavy (non-hydrogen) atoms. The Hall–Kier alpha value is -0.0400. The van der Waals surface area contributed by atoms with Crippen molar-refractivity contribution >= 4 is 0 Å². The summed E-state index contributed by atoms with van der Waals surface area (Å²) < 4.78 is 0. The van der Waals surface area contributed by atoms with Crippen LogP contribution in [0.5, 0.6) is 0 Å². The molecule has 0 amide bonds. The zero-order chi connectivity index (χ0) is 7.56. The van der Waals surface area contributed by atoms with E-state index >= 15 is 0 Å². The molecule has 1 saturated carbocycles. The Morgan fingerprint density at radius 3 is 2.00 bits per heavy atom. The van der Waals surface area contributed by atoms with Gasteiger partial charge in [0.15, 0.2) is 0 Å². The van der Waals surface area contributed by atoms with Crippen LogP contribution < -0.4 is 0 Å². The average Bonchev–Trinajstić information content (AvgIpc) is 2.63. The number of nitrogens with zero attached hydrogens (tertiary/aromatic N) is 1. The molecule has 2 rings (SSSR count). The SMILES string of the molecule is CC.CCN1C[C@H]2C[C@H]2C1. The molecule has 0 bridgehead atoms. The summed E-state index contributed by atoms with van der Waals surface area (Å²) in [6, 6.07) is 0. The largest absolute Gasteiger partial charge is 0.303 e. The normalized spacial score (nSPS) is 36.3. The van der Waals surface area contributed by atoms with Crippen molar-refractivity contribution in [3.05, 3.63) is 0 Å². The first-order chi connectivity index (χ1) is 4.90. The second-order valence-electron chi connectivity index (χ2n) is 3.11. The highest BCUT2D eigenvalue weighted by Gasteiger charge is 2.44. The smallest absolute Gasteiger partial charge is 0.00129 e. The highest BCUT2D eigenvalue weighted by Crippen LogP contribution is 2.44. The number of likely N-dealkylation sites (tertiary alicyclic amines) is 1. The fraction of sp³-hybridized carbons (Fsp3) is 1.00. The standard InChI is InChI=1S/C7H13N.C2H6/c1-2-8-4-6-3-7(6)5-8;1-2/h6-7H,2-5H2,1H3;1-2H3/t6-,7+;. The molecule has 0 aromatic rings. The molecule has 1 heterocycles. The van der Waals surface area contributed by atoms with Crippen molar-refractivity contribution in [3.63, 3.8) is 0 Å². The van der Waals surface area contributed by atoms with Gasteiger partial charge in [0, 0.05) is 13.1 Å². The van der Waals surface area contributed by atoms with Gasteiger partial charge in [-0.3, -0.25) is 0 Å². The van der Waals surface area contributed by atoms with Crippen LogP contribution in [0.1, 0.15) is 27.2 Å². The van der Waals surface area contributed by atoms with Crippen LogP contribution in [-0.4, -0.2) is 24.5 Å². The first-order valence-corrected chi connectivity index (χ1v) is 4.62. The van der Waals surface area contributed by atoms with E-state index in [9.17, 15) is 0 Å². The van der Waals surface area contributed by atoms with E-state index in [1.165, 1.54) is 26.1 Å². The lowest BCUT2D eigenvalue weighted by Crippen LogP contribution is -2.21. The van der Waals surface area contributed by atoms with Gasteiger partial charge in [-0.1, -0.05) is 20.8 Å². The summed E-state index contributed by atoms with van der Waals surface area (Å²) in [5, 5.41) is 0. The maximum absolute atomic E-state index is 2.55. The summed E-state index contributed by atoms with van der Waals surface area (Å²) in [6.45, 7) is 10.3. The highest BCUT2D eigenvalue weighted by atomic mass is 15.2. The van der Waals surface area contributed by atoms with Crippen molar-refractivity contribution in [2.75, 3.05) is 19.6 Å². The third-order valence-corrected chi connectivity index (χ3v) is 2.50. The van der Waals surface area contributed by atoms with Crippen molar-refractivity contribution in [2.24, 2.45) is 11.8 Å². The van der Waals surface area contributed by atoms with Crippen LogP contribution in [0, 0.1) is 11.8 Å². The Balaban J connectivity index is 0.000000231. The number of fused-ring (bicyclic) bond motifs is 1. The first kappa shape index (κ1) is 8.06. The maximum Gasteiger partial charge on any atom is 0.00129 e. The third-order valence-electron chi connectivity index (χ3n) is 2.50. The molecule has 1 nitrogen and oxygen atoms in total. The van der Waals surface area contributed by atoms with Gasteiger partial charge < -0.3 is 4.90 Å². The average molecular weight is 141 g/mol. The summed E-state index contributed by atoms with van der Waals surface area (Å²) in [7, 11) is 0. The maximum atomic E-state index is 2.55. The zero-order valence-corrected chi connectivity index (χ0v) is 7.43. The molecule has 1 aliphatic heterocycles. The summed E-state index contributed by atoms with van der Waals surface area (Å²) >= 11 is 0. The summed E-state index contributed by atoms with van der Waals surface area (Å²) in [6.07, 6.45) is 1.54. The molecule has 60 valence electrons. The molecule has 2 atom stereocenters. The van der Waals surface area contributed by atoms with Gasteiger partial charge >= 0.3 is 0 Å². The second-order valence-corrected chi connectivity index (χ2v) is 3.11. The second kappa shape index (κ2) is 3.38. The molecule has 1 aliphatic carbocycles. The van der Waals surface area contributed by atoms with Crippen LogP contribution >= 0.6 is 0 Å². The van der Waals surface area contributed by atoms with Gasteiger partial charge in [0.1, 0.15) is 0 Å². The molecule has 0 aromatic heterocycles. The minimum atomic E-state index is 1.12. The lowest BCUT2D eigenvalue weighted by Gasteiger charge is -2.12. The predicted octanol–water partition coefficient (Wildman–Crippen LogP) is 1.98. The van der Waals surface area contributed by atoms with Crippen LogP contribution in [0.2, 0.25) is 0 Å². The molecule has 1 heteroatoms. The van der Waals surface area contributed by atoms with Crippen molar-refractivity contribution in [2.45, 2.75) is 27.2 Å². The predicted molar refractivity (Wildman–Crippen MR) is 45.1 cm³/mol. The van der Waals surface area contributed by atoms with Crippen LogP contribution in [0.4, 0.5) is 0 Å². The van der Waals surface area contributed by atoms with E-state index in [2.05, 4.69) is 11.8 Å². The molecular weight excluding hydrogens is 122 g/mol. The van der Waals surface area contributed by atoms with Crippen molar-refractivity contribution in [3.8, 4) is 0 Å². The van der Waals surface area contributed by atoms with Crippen LogP contribution in [-0.2, 0) is 0 Å². The third kappa shape index (κ3) is 1.51. The minimum Gasteiger partial charge on any atom is -0.303 e. The van der Waals surface area contributed by atoms with E-state index in [4.69, 9.17) is 0 Å². The van der Waals surface area contributed by atoms with Crippen molar-refractivity contribution in [1.82, 2.24) is 4.90 Å².